The maximum absolute atomic E-state index is 13.6. The molecule has 6 unspecified atom stereocenters. The van der Waals surface area contributed by atoms with E-state index in [1.165, 1.54) is 5.57 Å². The summed E-state index contributed by atoms with van der Waals surface area (Å²) in [6.07, 6.45) is 12.5. The van der Waals surface area contributed by atoms with Gasteiger partial charge in [-0.2, -0.15) is 0 Å². The summed E-state index contributed by atoms with van der Waals surface area (Å²) in [5.74, 6) is -2.88. The van der Waals surface area contributed by atoms with Crippen LogP contribution in [0.15, 0.2) is 17.8 Å². The van der Waals surface area contributed by atoms with E-state index >= 15 is 0 Å². The van der Waals surface area contributed by atoms with E-state index in [0.29, 0.717) is 49.3 Å². The fourth-order valence-corrected chi connectivity index (χ4v) is 11.7. The Balaban J connectivity index is 0.00000793. The van der Waals surface area contributed by atoms with Gasteiger partial charge in [0, 0.05) is 97.3 Å². The maximum Gasteiger partial charge on any atom is 3.00 e. The second kappa shape index (κ2) is 24.1. The number of hydrogen-bond donors (Lipinski definition) is 1. The molecule has 1 radical (unpaired) electrons. The molecule has 1 aromatic rings. The molecule has 1 aliphatic heterocycles. The fraction of sp³-hybridized carbons (Fsp3) is 0.756. The average molecular weight is 1050 g/mol. The number of allylic oxidation sites excluding steroid dienone is 1. The molecule has 2 heterocycles. The number of carboxylic acid groups (broad SMARTS) is 3. The number of nitrogens with zero attached hydrogens (tertiary/aromatic N) is 7. The van der Waals surface area contributed by atoms with Gasteiger partial charge in [0.25, 0.3) is 0 Å². The smallest absolute Gasteiger partial charge is 0.549 e. The predicted octanol–water partition coefficient (Wildman–Crippen LogP) is -2.20. The summed E-state index contributed by atoms with van der Waals surface area (Å²) in [7, 11) is 0. The van der Waals surface area contributed by atoms with Gasteiger partial charge >= 0.3 is 45.9 Å². The summed E-state index contributed by atoms with van der Waals surface area (Å²) in [5.41, 5.74) is 1.85. The minimum absolute atomic E-state index is 0. The van der Waals surface area contributed by atoms with Crippen molar-refractivity contribution in [3.8, 4) is 0 Å². The number of ether oxygens (including phenoxy) is 1. The molecule has 3 saturated carbocycles. The minimum Gasteiger partial charge on any atom is -0.549 e. The van der Waals surface area contributed by atoms with Gasteiger partial charge in [-0.15, -0.1) is 5.10 Å². The zero-order valence-corrected chi connectivity index (χ0v) is 40.1. The Bertz CT molecular complexity index is 1880. The zero-order chi connectivity index (χ0) is 46.0. The number of nitrogens with one attached hydrogen (secondary N) is 1. The summed E-state index contributed by atoms with van der Waals surface area (Å²) in [6.45, 7) is 5.61. The Labute approximate surface area is 413 Å². The van der Waals surface area contributed by atoms with E-state index in [1.807, 2.05) is 6.08 Å². The van der Waals surface area contributed by atoms with Gasteiger partial charge in [0.15, 0.2) is 11.6 Å². The number of aliphatic carboxylic acids is 3. The van der Waals surface area contributed by atoms with Crippen LogP contribution in [0, 0.1) is 74.4 Å². The second-order valence-electron chi connectivity index (χ2n) is 19.2. The molecule has 6 rings (SSSR count). The van der Waals surface area contributed by atoms with Crippen LogP contribution in [0.2, 0.25) is 0 Å². The number of rotatable bonds is 18. The number of aromatic nitrogens is 3. The largest absolute Gasteiger partial charge is 3.00 e. The third-order valence-corrected chi connectivity index (χ3v) is 15.2. The van der Waals surface area contributed by atoms with Crippen LogP contribution in [-0.4, -0.2) is 161 Å². The molecule has 359 valence electrons. The topological polar surface area (TPSA) is 254 Å². The third kappa shape index (κ3) is 14.4. The molecular weight excluding hydrogens is 986 g/mol. The van der Waals surface area contributed by atoms with E-state index in [0.717, 1.165) is 44.9 Å². The van der Waals surface area contributed by atoms with Crippen LogP contribution in [0.25, 0.3) is 0 Å². The first kappa shape index (κ1) is 52.7. The van der Waals surface area contributed by atoms with Crippen molar-refractivity contribution in [3.05, 3.63) is 23.5 Å². The number of carbonyl (C=O) groups is 7. The quantitative estimate of drug-likeness (QED) is 0.121. The molecule has 4 aliphatic carbocycles. The third-order valence-electron chi connectivity index (χ3n) is 15.2. The SMILES string of the molecule is CC12CCC(=O)C=C1CCC1C2CCC2(C)C(C(=O)COC(=O)CCCCn3cc(CNC(=O)CN4CCN(CC(=O)[O-])CCN(CC(=O)[O-])CCN(CC(=O)[O-])CC4)nn3)CCC12.[Gd+3]. The number of amides is 1. The summed E-state index contributed by atoms with van der Waals surface area (Å²) < 4.78 is 7.14. The molecule has 19 nitrogen and oxygen atoms in total. The Morgan fingerprint density at radius 2 is 1.34 bits per heavy atom. The average Bonchev–Trinajstić information content (AvgIpc) is 3.85. The number of carboxylic acids is 3. The van der Waals surface area contributed by atoms with Crippen LogP contribution >= 0.6 is 0 Å². The molecule has 0 spiro atoms. The van der Waals surface area contributed by atoms with Crippen LogP contribution in [0.1, 0.15) is 90.2 Å². The molecule has 20 heteroatoms. The molecule has 65 heavy (non-hydrogen) atoms. The number of ketones is 2. The van der Waals surface area contributed by atoms with E-state index in [9.17, 15) is 48.9 Å². The van der Waals surface area contributed by atoms with Crippen molar-refractivity contribution in [2.75, 3.05) is 85.1 Å². The van der Waals surface area contributed by atoms with Gasteiger partial charge in [-0.25, -0.2) is 0 Å². The van der Waals surface area contributed by atoms with E-state index in [1.54, 1.807) is 30.5 Å². The number of carbonyl (C=O) groups excluding carboxylic acids is 7. The first-order chi connectivity index (χ1) is 30.5. The molecule has 5 aliphatic rings. The van der Waals surface area contributed by atoms with Crippen molar-refractivity contribution in [3.63, 3.8) is 0 Å². The van der Waals surface area contributed by atoms with E-state index in [2.05, 4.69) is 29.5 Å². The van der Waals surface area contributed by atoms with Crippen LogP contribution in [-0.2, 0) is 51.4 Å². The molecular formula is C45H65GdN8O11. The molecule has 1 amide bonds. The molecule has 4 fully saturated rings. The maximum atomic E-state index is 13.6. The van der Waals surface area contributed by atoms with Crippen molar-refractivity contribution in [2.45, 2.75) is 97.6 Å². The Hall–Kier alpha value is -3.27. The number of fused-ring (bicyclic) bond motifs is 5. The van der Waals surface area contributed by atoms with Crippen molar-refractivity contribution in [1.82, 2.24) is 39.9 Å². The van der Waals surface area contributed by atoms with Crippen molar-refractivity contribution in [2.24, 2.45) is 34.5 Å². The Morgan fingerprint density at radius 1 is 0.754 bits per heavy atom. The van der Waals surface area contributed by atoms with Gasteiger partial charge in [-0.1, -0.05) is 24.6 Å². The monoisotopic (exact) mass is 1050 g/mol. The first-order valence-corrected chi connectivity index (χ1v) is 23.1. The Kier molecular flexibility index (Phi) is 19.6. The summed E-state index contributed by atoms with van der Waals surface area (Å²) in [6, 6.07) is 0. The predicted molar refractivity (Wildman–Crippen MR) is 223 cm³/mol. The number of Topliss-reactive ketones (excluding diaryl/α,β-unsaturated/α-hetero) is 1. The number of unbranched alkanes of at least 4 members (excludes halogenated alkanes) is 1. The molecule has 1 saturated heterocycles. The molecule has 0 bridgehead atoms. The summed E-state index contributed by atoms with van der Waals surface area (Å²) in [4.78, 5) is 92.3. The summed E-state index contributed by atoms with van der Waals surface area (Å²) in [5, 5.41) is 45.3. The second-order valence-corrected chi connectivity index (χ2v) is 19.2. The van der Waals surface area contributed by atoms with E-state index < -0.39 is 30.4 Å². The minimum atomic E-state index is -1.30. The number of hydrogen-bond acceptors (Lipinski definition) is 17. The first-order valence-electron chi connectivity index (χ1n) is 23.1. The van der Waals surface area contributed by atoms with Gasteiger partial charge in [0.05, 0.1) is 37.2 Å². The molecule has 1 N–H and O–H groups in total. The molecule has 6 atom stereocenters. The normalized spacial score (nSPS) is 28.2. The van der Waals surface area contributed by atoms with Crippen LogP contribution in [0.4, 0.5) is 0 Å². The molecule has 1 aromatic heterocycles. The van der Waals surface area contributed by atoms with Crippen molar-refractivity contribution >= 4 is 41.4 Å². The van der Waals surface area contributed by atoms with E-state index in [4.69, 9.17) is 4.74 Å². The van der Waals surface area contributed by atoms with Gasteiger partial charge < -0.3 is 39.8 Å². The van der Waals surface area contributed by atoms with Gasteiger partial charge in [0.2, 0.25) is 5.91 Å². The van der Waals surface area contributed by atoms with Crippen LogP contribution in [0.5, 0.6) is 0 Å². The standard InChI is InChI=1S/C45H68N8O11.Gd/c1-44-12-10-33(54)23-31(44)6-7-34-35-8-9-37(45(35,2)13-11-36(34)44)38(55)30-64-43(63)5-3-4-14-53-25-32(47-48-53)24-46-39(56)26-49-15-17-50(27-40(57)58)19-21-52(29-42(61)62)22-20-51(18-16-49)28-41(59)60;/h23,25,34-37H,3-22,24,26-30H2,1-2H3,(H,46,56)(H,57,58)(H,59,60)(H,61,62);/q;+3/p-3. The van der Waals surface area contributed by atoms with E-state index in [-0.39, 0.29) is 166 Å². The van der Waals surface area contributed by atoms with Crippen LogP contribution < -0.4 is 20.6 Å². The van der Waals surface area contributed by atoms with Crippen LogP contribution in [0.3, 0.4) is 0 Å². The van der Waals surface area contributed by atoms with Gasteiger partial charge in [-0.3, -0.25) is 43.5 Å². The van der Waals surface area contributed by atoms with Gasteiger partial charge in [0.1, 0.15) is 12.3 Å². The fourth-order valence-electron chi connectivity index (χ4n) is 11.7. The summed E-state index contributed by atoms with van der Waals surface area (Å²) >= 11 is 0. The van der Waals surface area contributed by atoms with Crippen molar-refractivity contribution in [1.29, 1.82) is 0 Å². The number of esters is 1. The number of aryl methyl sites for hydroxylation is 1. The Morgan fingerprint density at radius 3 is 1.92 bits per heavy atom. The zero-order valence-electron chi connectivity index (χ0n) is 37.8. The molecule has 0 aromatic carbocycles. The van der Waals surface area contributed by atoms with Crippen molar-refractivity contribution < 1.29 is 93.6 Å². The van der Waals surface area contributed by atoms with Gasteiger partial charge in [-0.05, 0) is 92.4 Å².